The van der Waals surface area contributed by atoms with Crippen molar-refractivity contribution in [2.24, 2.45) is 5.73 Å². The smallest absolute Gasteiger partial charge is 0.0368 e. The van der Waals surface area contributed by atoms with Gasteiger partial charge in [-0.1, -0.05) is 31.9 Å². The van der Waals surface area contributed by atoms with Crippen LogP contribution in [0.2, 0.25) is 0 Å². The molecular formula is C16H26N2. The van der Waals surface area contributed by atoms with Crippen LogP contribution in [0, 0.1) is 0 Å². The Bertz CT molecular complexity index is 352. The molecule has 0 aliphatic heterocycles. The summed E-state index contributed by atoms with van der Waals surface area (Å²) < 4.78 is 0. The summed E-state index contributed by atoms with van der Waals surface area (Å²) in [5.74, 6) is 0. The topological polar surface area (TPSA) is 29.3 Å². The highest BCUT2D eigenvalue weighted by Crippen LogP contribution is 2.28. The Labute approximate surface area is 111 Å². The second kappa shape index (κ2) is 6.24. The average Bonchev–Trinajstić information content (AvgIpc) is 2.93. The first-order chi connectivity index (χ1) is 8.76. The molecule has 2 rings (SSSR count). The van der Waals surface area contributed by atoms with Gasteiger partial charge in [0, 0.05) is 24.3 Å². The largest absolute Gasteiger partial charge is 0.369 e. The minimum atomic E-state index is 0.181. The van der Waals surface area contributed by atoms with Crippen molar-refractivity contribution < 1.29 is 0 Å². The van der Waals surface area contributed by atoms with Gasteiger partial charge >= 0.3 is 0 Å². The summed E-state index contributed by atoms with van der Waals surface area (Å²) in [5.41, 5.74) is 8.67. The molecule has 1 atom stereocenters. The molecule has 1 aliphatic carbocycles. The number of rotatable bonds is 5. The number of hydrogen-bond acceptors (Lipinski definition) is 2. The molecule has 1 aromatic rings. The fraction of sp³-hybridized carbons (Fsp3) is 0.625. The zero-order valence-corrected chi connectivity index (χ0v) is 11.7. The van der Waals surface area contributed by atoms with Crippen molar-refractivity contribution in [1.29, 1.82) is 0 Å². The summed E-state index contributed by atoms with van der Waals surface area (Å²) in [5, 5.41) is 0. The van der Waals surface area contributed by atoms with E-state index in [9.17, 15) is 0 Å². The molecule has 1 fully saturated rings. The Morgan fingerprint density at radius 3 is 2.28 bits per heavy atom. The van der Waals surface area contributed by atoms with E-state index in [4.69, 9.17) is 5.73 Å². The summed E-state index contributed by atoms with van der Waals surface area (Å²) >= 11 is 0. The molecule has 2 N–H and O–H groups in total. The summed E-state index contributed by atoms with van der Waals surface area (Å²) in [6.45, 7) is 5.49. The van der Waals surface area contributed by atoms with E-state index in [-0.39, 0.29) is 6.04 Å². The highest BCUT2D eigenvalue weighted by molar-refractivity contribution is 5.49. The van der Waals surface area contributed by atoms with Gasteiger partial charge in [0.15, 0.2) is 0 Å². The van der Waals surface area contributed by atoms with Gasteiger partial charge in [0.25, 0.3) is 0 Å². The molecule has 0 radical (unpaired) electrons. The minimum absolute atomic E-state index is 0.181. The minimum Gasteiger partial charge on any atom is -0.369 e. The molecule has 0 aromatic heterocycles. The van der Waals surface area contributed by atoms with Crippen LogP contribution in [0.4, 0.5) is 5.69 Å². The first kappa shape index (κ1) is 13.4. The second-order valence-corrected chi connectivity index (χ2v) is 5.33. The van der Waals surface area contributed by atoms with Gasteiger partial charge in [0.2, 0.25) is 0 Å². The number of nitrogens with two attached hydrogens (primary N) is 1. The SMILES string of the molecule is CC[C@@H](N)c1ccc(N(CC)C2CCCC2)cc1. The van der Waals surface area contributed by atoms with E-state index in [1.807, 2.05) is 0 Å². The fourth-order valence-electron chi connectivity index (χ4n) is 3.02. The van der Waals surface area contributed by atoms with Crippen LogP contribution in [0.25, 0.3) is 0 Å². The van der Waals surface area contributed by atoms with Crippen molar-refractivity contribution in [2.75, 3.05) is 11.4 Å². The van der Waals surface area contributed by atoms with E-state index in [0.29, 0.717) is 0 Å². The Hall–Kier alpha value is -1.02. The Balaban J connectivity index is 2.11. The summed E-state index contributed by atoms with van der Waals surface area (Å²) in [6.07, 6.45) is 6.48. The van der Waals surface area contributed by atoms with Crippen LogP contribution in [0.3, 0.4) is 0 Å². The van der Waals surface area contributed by atoms with Crippen molar-refractivity contribution in [3.8, 4) is 0 Å². The predicted octanol–water partition coefficient (Wildman–Crippen LogP) is 3.87. The number of nitrogens with zero attached hydrogens (tertiary/aromatic N) is 1. The van der Waals surface area contributed by atoms with Crippen molar-refractivity contribution >= 4 is 5.69 Å². The monoisotopic (exact) mass is 246 g/mol. The highest BCUT2D eigenvalue weighted by atomic mass is 15.2. The maximum Gasteiger partial charge on any atom is 0.0368 e. The third kappa shape index (κ3) is 2.86. The molecule has 1 aromatic carbocycles. The number of anilines is 1. The Kier molecular flexibility index (Phi) is 4.65. The maximum atomic E-state index is 6.06. The normalized spacial score (nSPS) is 17.9. The van der Waals surface area contributed by atoms with Crippen molar-refractivity contribution in [1.82, 2.24) is 0 Å². The van der Waals surface area contributed by atoms with Crippen molar-refractivity contribution in [2.45, 2.75) is 58.0 Å². The number of benzene rings is 1. The van der Waals surface area contributed by atoms with Crippen LogP contribution in [0.1, 0.15) is 57.6 Å². The van der Waals surface area contributed by atoms with Gasteiger partial charge in [0.1, 0.15) is 0 Å². The molecule has 1 aliphatic rings. The molecule has 1 saturated carbocycles. The molecule has 0 unspecified atom stereocenters. The molecule has 2 heteroatoms. The summed E-state index contributed by atoms with van der Waals surface area (Å²) in [4.78, 5) is 2.55. The van der Waals surface area contributed by atoms with E-state index in [0.717, 1.165) is 19.0 Å². The zero-order chi connectivity index (χ0) is 13.0. The van der Waals surface area contributed by atoms with Crippen LogP contribution < -0.4 is 10.6 Å². The van der Waals surface area contributed by atoms with Gasteiger partial charge in [-0.3, -0.25) is 0 Å². The van der Waals surface area contributed by atoms with E-state index < -0.39 is 0 Å². The predicted molar refractivity (Wildman–Crippen MR) is 78.9 cm³/mol. The lowest BCUT2D eigenvalue weighted by molar-refractivity contribution is 0.619. The maximum absolute atomic E-state index is 6.06. The second-order valence-electron chi connectivity index (χ2n) is 5.33. The molecule has 0 bridgehead atoms. The molecular weight excluding hydrogens is 220 g/mol. The van der Waals surface area contributed by atoms with Crippen LogP contribution in [-0.2, 0) is 0 Å². The molecule has 0 amide bonds. The lowest BCUT2D eigenvalue weighted by Gasteiger charge is -2.30. The van der Waals surface area contributed by atoms with Crippen molar-refractivity contribution in [3.63, 3.8) is 0 Å². The standard InChI is InChI=1S/C16H26N2/c1-3-16(17)13-9-11-15(12-10-13)18(4-2)14-7-5-6-8-14/h9-12,14,16H,3-8,17H2,1-2H3/t16-/m1/s1. The van der Waals surface area contributed by atoms with Crippen LogP contribution >= 0.6 is 0 Å². The van der Waals surface area contributed by atoms with Gasteiger partial charge < -0.3 is 10.6 Å². The zero-order valence-electron chi connectivity index (χ0n) is 11.7. The Morgan fingerprint density at radius 2 is 1.78 bits per heavy atom. The molecule has 18 heavy (non-hydrogen) atoms. The number of hydrogen-bond donors (Lipinski definition) is 1. The molecule has 100 valence electrons. The van der Waals surface area contributed by atoms with E-state index >= 15 is 0 Å². The van der Waals surface area contributed by atoms with Crippen molar-refractivity contribution in [3.05, 3.63) is 29.8 Å². The summed E-state index contributed by atoms with van der Waals surface area (Å²) in [7, 11) is 0. The van der Waals surface area contributed by atoms with Gasteiger partial charge in [-0.25, -0.2) is 0 Å². The van der Waals surface area contributed by atoms with Gasteiger partial charge in [0.05, 0.1) is 0 Å². The molecule has 2 nitrogen and oxygen atoms in total. The lowest BCUT2D eigenvalue weighted by Crippen LogP contribution is -2.32. The van der Waals surface area contributed by atoms with Gasteiger partial charge in [-0.15, -0.1) is 0 Å². The van der Waals surface area contributed by atoms with E-state index in [2.05, 4.69) is 43.0 Å². The third-order valence-electron chi connectivity index (χ3n) is 4.20. The van der Waals surface area contributed by atoms with Crippen LogP contribution in [0.5, 0.6) is 0 Å². The van der Waals surface area contributed by atoms with E-state index in [1.165, 1.54) is 36.9 Å². The van der Waals surface area contributed by atoms with Crippen LogP contribution in [-0.4, -0.2) is 12.6 Å². The Morgan fingerprint density at radius 1 is 1.17 bits per heavy atom. The van der Waals surface area contributed by atoms with E-state index in [1.54, 1.807) is 0 Å². The quantitative estimate of drug-likeness (QED) is 0.854. The summed E-state index contributed by atoms with van der Waals surface area (Å²) in [6, 6.07) is 9.81. The van der Waals surface area contributed by atoms with Crippen LogP contribution in [0.15, 0.2) is 24.3 Å². The third-order valence-corrected chi connectivity index (χ3v) is 4.20. The lowest BCUT2D eigenvalue weighted by atomic mass is 10.0. The van der Waals surface area contributed by atoms with Gasteiger partial charge in [-0.2, -0.15) is 0 Å². The molecule has 0 heterocycles. The highest BCUT2D eigenvalue weighted by Gasteiger charge is 2.21. The first-order valence-corrected chi connectivity index (χ1v) is 7.38. The average molecular weight is 246 g/mol. The fourth-order valence-corrected chi connectivity index (χ4v) is 3.02. The first-order valence-electron chi connectivity index (χ1n) is 7.38. The molecule has 0 saturated heterocycles. The van der Waals surface area contributed by atoms with Gasteiger partial charge in [-0.05, 0) is 43.9 Å². The molecule has 0 spiro atoms.